The van der Waals surface area contributed by atoms with Crippen LogP contribution in [-0.2, 0) is 4.79 Å². The van der Waals surface area contributed by atoms with E-state index in [9.17, 15) is 4.79 Å². The van der Waals surface area contributed by atoms with Gasteiger partial charge in [0.25, 0.3) is 0 Å². The predicted molar refractivity (Wildman–Crippen MR) is 53.2 cm³/mol. The van der Waals surface area contributed by atoms with E-state index in [1.165, 1.54) is 0 Å². The molecule has 0 saturated heterocycles. The highest BCUT2D eigenvalue weighted by atomic mass is 16.4. The Balaban J connectivity index is 4.58. The molecule has 0 spiro atoms. The number of rotatable bonds is 3. The summed E-state index contributed by atoms with van der Waals surface area (Å²) in [5.41, 5.74) is -0.0140. The molecule has 0 aliphatic rings. The molecule has 0 aliphatic carbocycles. The molecular weight excluding hydrogens is 164 g/mol. The number of aliphatic carboxylic acids is 1. The summed E-state index contributed by atoms with van der Waals surface area (Å²) in [4.78, 5) is 10.9. The molecule has 0 aromatic carbocycles. The Bertz CT molecular complexity index is 217. The van der Waals surface area contributed by atoms with Gasteiger partial charge >= 0.3 is 5.97 Å². The highest BCUT2D eigenvalue weighted by molar-refractivity contribution is 5.70. The summed E-state index contributed by atoms with van der Waals surface area (Å²) < 4.78 is 0. The number of carbonyl (C=O) groups is 1. The third-order valence-electron chi connectivity index (χ3n) is 2.62. The summed E-state index contributed by atoms with van der Waals surface area (Å²) in [5, 5.41) is 8.94. The SMILES string of the molecule is C#CCC(C(=O)O)C(C)C(C)(C)C. The second-order valence-corrected chi connectivity index (χ2v) is 4.51. The van der Waals surface area contributed by atoms with Gasteiger partial charge in [-0.1, -0.05) is 27.7 Å². The van der Waals surface area contributed by atoms with Gasteiger partial charge in [0.15, 0.2) is 0 Å². The average molecular weight is 182 g/mol. The number of carboxylic acids is 1. The zero-order valence-corrected chi connectivity index (χ0v) is 8.79. The van der Waals surface area contributed by atoms with Crippen LogP contribution in [0.25, 0.3) is 0 Å². The number of hydrogen-bond acceptors (Lipinski definition) is 1. The lowest BCUT2D eigenvalue weighted by molar-refractivity contribution is -0.144. The zero-order chi connectivity index (χ0) is 10.6. The molecule has 2 heteroatoms. The summed E-state index contributed by atoms with van der Waals surface area (Å²) in [6.07, 6.45) is 5.45. The molecule has 13 heavy (non-hydrogen) atoms. The summed E-state index contributed by atoms with van der Waals surface area (Å²) >= 11 is 0. The Labute approximate surface area is 80.3 Å². The number of carboxylic acid groups (broad SMARTS) is 1. The minimum atomic E-state index is -0.791. The molecule has 0 aromatic rings. The fourth-order valence-electron chi connectivity index (χ4n) is 1.21. The topological polar surface area (TPSA) is 37.3 Å². The lowest BCUT2D eigenvalue weighted by Gasteiger charge is -2.31. The van der Waals surface area contributed by atoms with Crippen molar-refractivity contribution in [2.45, 2.75) is 34.1 Å². The van der Waals surface area contributed by atoms with Gasteiger partial charge in [-0.05, 0) is 11.3 Å². The van der Waals surface area contributed by atoms with Crippen LogP contribution in [0, 0.1) is 29.6 Å². The summed E-state index contributed by atoms with van der Waals surface area (Å²) in [7, 11) is 0. The maximum Gasteiger partial charge on any atom is 0.307 e. The van der Waals surface area contributed by atoms with E-state index >= 15 is 0 Å². The van der Waals surface area contributed by atoms with E-state index in [-0.39, 0.29) is 11.3 Å². The molecular formula is C11H18O2. The van der Waals surface area contributed by atoms with Crippen molar-refractivity contribution >= 4 is 5.97 Å². The van der Waals surface area contributed by atoms with E-state index in [1.807, 2.05) is 27.7 Å². The van der Waals surface area contributed by atoms with Gasteiger partial charge < -0.3 is 5.11 Å². The van der Waals surface area contributed by atoms with Gasteiger partial charge in [-0.3, -0.25) is 4.79 Å². The Hall–Kier alpha value is -0.970. The first-order valence-electron chi connectivity index (χ1n) is 4.47. The van der Waals surface area contributed by atoms with Crippen molar-refractivity contribution in [2.75, 3.05) is 0 Å². The van der Waals surface area contributed by atoms with Crippen molar-refractivity contribution in [3.05, 3.63) is 0 Å². The molecule has 0 aliphatic heterocycles. The van der Waals surface area contributed by atoms with E-state index in [0.717, 1.165) is 0 Å². The van der Waals surface area contributed by atoms with Crippen molar-refractivity contribution in [3.63, 3.8) is 0 Å². The number of terminal acetylenes is 1. The summed E-state index contributed by atoms with van der Waals surface area (Å²) in [5.74, 6) is 1.29. The first kappa shape index (κ1) is 12.0. The summed E-state index contributed by atoms with van der Waals surface area (Å²) in [6.45, 7) is 8.04. The second-order valence-electron chi connectivity index (χ2n) is 4.51. The van der Waals surface area contributed by atoms with Crippen LogP contribution in [0.2, 0.25) is 0 Å². The Morgan fingerprint density at radius 3 is 2.23 bits per heavy atom. The summed E-state index contributed by atoms with van der Waals surface area (Å²) in [6, 6.07) is 0. The molecule has 2 nitrogen and oxygen atoms in total. The second kappa shape index (κ2) is 4.32. The molecule has 0 amide bonds. The van der Waals surface area contributed by atoms with Gasteiger partial charge in [0.2, 0.25) is 0 Å². The third-order valence-corrected chi connectivity index (χ3v) is 2.62. The maximum atomic E-state index is 10.9. The first-order chi connectivity index (χ1) is 5.80. The van der Waals surface area contributed by atoms with Gasteiger partial charge in [0.1, 0.15) is 0 Å². The van der Waals surface area contributed by atoms with Crippen LogP contribution >= 0.6 is 0 Å². The van der Waals surface area contributed by atoms with Crippen LogP contribution < -0.4 is 0 Å². The Morgan fingerprint density at radius 1 is 1.54 bits per heavy atom. The fraction of sp³-hybridized carbons (Fsp3) is 0.727. The molecule has 0 heterocycles. The van der Waals surface area contributed by atoms with Gasteiger partial charge in [0.05, 0.1) is 5.92 Å². The van der Waals surface area contributed by atoms with E-state index in [0.29, 0.717) is 6.42 Å². The molecule has 0 aromatic heterocycles. The van der Waals surface area contributed by atoms with Crippen molar-refractivity contribution in [1.29, 1.82) is 0 Å². The average Bonchev–Trinajstić information content (AvgIpc) is 1.96. The van der Waals surface area contributed by atoms with Crippen molar-refractivity contribution in [1.82, 2.24) is 0 Å². The van der Waals surface area contributed by atoms with Crippen LogP contribution in [0.1, 0.15) is 34.1 Å². The highest BCUT2D eigenvalue weighted by Gasteiger charge is 2.32. The quantitative estimate of drug-likeness (QED) is 0.680. The van der Waals surface area contributed by atoms with E-state index in [4.69, 9.17) is 11.5 Å². The normalized spacial score (nSPS) is 15.9. The van der Waals surface area contributed by atoms with Crippen LogP contribution in [-0.4, -0.2) is 11.1 Å². The molecule has 1 N–H and O–H groups in total. The van der Waals surface area contributed by atoms with Gasteiger partial charge in [-0.25, -0.2) is 0 Å². The van der Waals surface area contributed by atoms with Crippen molar-refractivity contribution in [2.24, 2.45) is 17.3 Å². The monoisotopic (exact) mass is 182 g/mol. The van der Waals surface area contributed by atoms with Gasteiger partial charge in [-0.2, -0.15) is 0 Å². The number of hydrogen-bond donors (Lipinski definition) is 1. The van der Waals surface area contributed by atoms with Crippen LogP contribution in [0.5, 0.6) is 0 Å². The van der Waals surface area contributed by atoms with Crippen molar-refractivity contribution in [3.8, 4) is 12.3 Å². The van der Waals surface area contributed by atoms with Gasteiger partial charge in [0, 0.05) is 6.42 Å². The molecule has 2 atom stereocenters. The third kappa shape index (κ3) is 3.50. The lowest BCUT2D eigenvalue weighted by atomic mass is 9.73. The van der Waals surface area contributed by atoms with Crippen LogP contribution in [0.3, 0.4) is 0 Å². The van der Waals surface area contributed by atoms with Crippen LogP contribution in [0.15, 0.2) is 0 Å². The molecule has 0 radical (unpaired) electrons. The smallest absolute Gasteiger partial charge is 0.307 e. The molecule has 0 bridgehead atoms. The van der Waals surface area contributed by atoms with Crippen LogP contribution in [0.4, 0.5) is 0 Å². The Morgan fingerprint density at radius 2 is 2.00 bits per heavy atom. The van der Waals surface area contributed by atoms with Crippen molar-refractivity contribution < 1.29 is 9.90 Å². The van der Waals surface area contributed by atoms with E-state index in [1.54, 1.807) is 0 Å². The van der Waals surface area contributed by atoms with Gasteiger partial charge in [-0.15, -0.1) is 12.3 Å². The Kier molecular flexibility index (Phi) is 4.00. The molecule has 74 valence electrons. The lowest BCUT2D eigenvalue weighted by Crippen LogP contribution is -2.30. The standard InChI is InChI=1S/C11H18O2/c1-6-7-9(10(12)13)8(2)11(3,4)5/h1,8-9H,7H2,2-5H3,(H,12,13). The first-order valence-corrected chi connectivity index (χ1v) is 4.47. The largest absolute Gasteiger partial charge is 0.481 e. The molecule has 2 unspecified atom stereocenters. The highest BCUT2D eigenvalue weighted by Crippen LogP contribution is 2.33. The fourth-order valence-corrected chi connectivity index (χ4v) is 1.21. The molecule has 0 rings (SSSR count). The van der Waals surface area contributed by atoms with E-state index < -0.39 is 11.9 Å². The molecule has 0 saturated carbocycles. The predicted octanol–water partition coefficient (Wildman–Crippen LogP) is 2.39. The minimum Gasteiger partial charge on any atom is -0.481 e. The molecule has 0 fully saturated rings. The zero-order valence-electron chi connectivity index (χ0n) is 8.79. The van der Waals surface area contributed by atoms with E-state index in [2.05, 4.69) is 5.92 Å². The minimum absolute atomic E-state index is 0.0140. The maximum absolute atomic E-state index is 10.9.